The van der Waals surface area contributed by atoms with E-state index in [1.165, 1.54) is 0 Å². The molecule has 1 amide bonds. The second kappa shape index (κ2) is 5.68. The van der Waals surface area contributed by atoms with Crippen LogP contribution in [0.4, 0.5) is 14.5 Å². The van der Waals surface area contributed by atoms with Crippen LogP contribution in [0.5, 0.6) is 0 Å². The minimum absolute atomic E-state index is 0.0751. The fraction of sp³-hybridized carbons (Fsp3) is 0.231. The van der Waals surface area contributed by atoms with Crippen molar-refractivity contribution in [1.82, 2.24) is 15.1 Å². The first kappa shape index (κ1) is 14.0. The number of amides is 1. The van der Waals surface area contributed by atoms with Gasteiger partial charge in [-0.25, -0.2) is 8.78 Å². The summed E-state index contributed by atoms with van der Waals surface area (Å²) in [5.41, 5.74) is 6.28. The van der Waals surface area contributed by atoms with Gasteiger partial charge in [0.1, 0.15) is 0 Å². The van der Waals surface area contributed by atoms with Gasteiger partial charge in [0.2, 0.25) is 0 Å². The molecule has 5 nitrogen and oxygen atoms in total. The molecule has 0 saturated carbocycles. The third-order valence-electron chi connectivity index (χ3n) is 2.93. The van der Waals surface area contributed by atoms with Gasteiger partial charge in [0, 0.05) is 43.7 Å². The average Bonchev–Trinajstić information content (AvgIpc) is 2.79. The molecule has 1 heterocycles. The molecule has 20 heavy (non-hydrogen) atoms. The molecule has 0 spiro atoms. The summed E-state index contributed by atoms with van der Waals surface area (Å²) in [6.45, 7) is 0.344. The third-order valence-corrected chi connectivity index (χ3v) is 2.93. The molecule has 0 fully saturated rings. The number of nitrogens with zero attached hydrogens (tertiary/aromatic N) is 2. The van der Waals surface area contributed by atoms with Crippen molar-refractivity contribution < 1.29 is 13.6 Å². The Labute approximate surface area is 114 Å². The Morgan fingerprint density at radius 3 is 2.75 bits per heavy atom. The summed E-state index contributed by atoms with van der Waals surface area (Å²) >= 11 is 0. The Kier molecular flexibility index (Phi) is 3.97. The molecule has 2 aromatic rings. The molecule has 1 aromatic carbocycles. The highest BCUT2D eigenvalue weighted by Crippen LogP contribution is 2.16. The summed E-state index contributed by atoms with van der Waals surface area (Å²) < 4.78 is 27.7. The van der Waals surface area contributed by atoms with Crippen LogP contribution in [-0.4, -0.2) is 22.2 Å². The van der Waals surface area contributed by atoms with Crippen molar-refractivity contribution in [3.8, 4) is 0 Å². The van der Waals surface area contributed by atoms with E-state index >= 15 is 0 Å². The molecule has 0 atom stereocenters. The number of hydrogen-bond donors (Lipinski definition) is 2. The van der Waals surface area contributed by atoms with E-state index in [1.807, 2.05) is 6.07 Å². The Balaban J connectivity index is 1.99. The average molecular weight is 280 g/mol. The topological polar surface area (TPSA) is 72.9 Å². The zero-order chi connectivity index (χ0) is 14.7. The lowest BCUT2D eigenvalue weighted by atomic mass is 10.1. The monoisotopic (exact) mass is 280 g/mol. The van der Waals surface area contributed by atoms with Crippen molar-refractivity contribution in [2.45, 2.75) is 6.42 Å². The first-order valence-corrected chi connectivity index (χ1v) is 5.98. The molecule has 0 aliphatic carbocycles. The van der Waals surface area contributed by atoms with E-state index in [9.17, 15) is 13.6 Å². The van der Waals surface area contributed by atoms with E-state index in [-0.39, 0.29) is 11.3 Å². The highest BCUT2D eigenvalue weighted by molar-refractivity contribution is 5.99. The van der Waals surface area contributed by atoms with Crippen molar-refractivity contribution in [3.05, 3.63) is 47.3 Å². The van der Waals surface area contributed by atoms with Gasteiger partial charge in [-0.1, -0.05) is 0 Å². The Hall–Kier alpha value is -2.44. The lowest BCUT2D eigenvalue weighted by molar-refractivity contribution is 0.0954. The molecule has 106 valence electrons. The zero-order valence-electron chi connectivity index (χ0n) is 10.9. The number of benzene rings is 1. The first-order valence-electron chi connectivity index (χ1n) is 5.98. The van der Waals surface area contributed by atoms with Crippen molar-refractivity contribution >= 4 is 11.6 Å². The fourth-order valence-electron chi connectivity index (χ4n) is 1.80. The van der Waals surface area contributed by atoms with E-state index in [2.05, 4.69) is 10.4 Å². The largest absolute Gasteiger partial charge is 0.398 e. The molecular weight excluding hydrogens is 266 g/mol. The Morgan fingerprint density at radius 2 is 2.10 bits per heavy atom. The van der Waals surface area contributed by atoms with Crippen molar-refractivity contribution in [3.63, 3.8) is 0 Å². The van der Waals surface area contributed by atoms with E-state index in [0.29, 0.717) is 13.0 Å². The van der Waals surface area contributed by atoms with Crippen LogP contribution < -0.4 is 11.1 Å². The summed E-state index contributed by atoms with van der Waals surface area (Å²) in [5.74, 6) is -2.71. The van der Waals surface area contributed by atoms with Gasteiger partial charge < -0.3 is 11.1 Å². The number of hydrogen-bond acceptors (Lipinski definition) is 3. The second-order valence-electron chi connectivity index (χ2n) is 4.31. The minimum atomic E-state index is -1.10. The van der Waals surface area contributed by atoms with Crippen LogP contribution in [0.3, 0.4) is 0 Å². The van der Waals surface area contributed by atoms with Gasteiger partial charge in [-0.2, -0.15) is 5.10 Å². The van der Waals surface area contributed by atoms with Crippen LogP contribution in [0.25, 0.3) is 0 Å². The van der Waals surface area contributed by atoms with Crippen LogP contribution in [0.2, 0.25) is 0 Å². The minimum Gasteiger partial charge on any atom is -0.398 e. The van der Waals surface area contributed by atoms with Crippen LogP contribution in [-0.2, 0) is 13.5 Å². The Bertz CT molecular complexity index is 639. The summed E-state index contributed by atoms with van der Waals surface area (Å²) in [7, 11) is 1.80. The van der Waals surface area contributed by atoms with Crippen molar-refractivity contribution in [2.75, 3.05) is 12.3 Å². The van der Waals surface area contributed by atoms with Gasteiger partial charge >= 0.3 is 0 Å². The molecule has 0 saturated heterocycles. The molecule has 3 N–H and O–H groups in total. The molecule has 0 aliphatic rings. The molecular formula is C13H14F2N4O. The van der Waals surface area contributed by atoms with Crippen molar-refractivity contribution in [2.24, 2.45) is 7.05 Å². The quantitative estimate of drug-likeness (QED) is 0.828. The fourth-order valence-corrected chi connectivity index (χ4v) is 1.80. The Morgan fingerprint density at radius 1 is 1.40 bits per heavy atom. The summed E-state index contributed by atoms with van der Waals surface area (Å²) in [6.07, 6.45) is 2.23. The number of nitrogen functional groups attached to an aromatic ring is 1. The lowest BCUT2D eigenvalue weighted by Crippen LogP contribution is -2.27. The van der Waals surface area contributed by atoms with E-state index in [1.54, 1.807) is 17.9 Å². The third kappa shape index (κ3) is 2.93. The molecule has 1 aromatic heterocycles. The molecule has 0 aliphatic heterocycles. The zero-order valence-corrected chi connectivity index (χ0v) is 10.9. The number of aromatic nitrogens is 2. The van der Waals surface area contributed by atoms with Gasteiger partial charge in [-0.15, -0.1) is 0 Å². The van der Waals surface area contributed by atoms with E-state index < -0.39 is 17.5 Å². The number of rotatable bonds is 4. The highest BCUT2D eigenvalue weighted by atomic mass is 19.2. The smallest absolute Gasteiger partial charge is 0.253 e. The maximum Gasteiger partial charge on any atom is 0.253 e. The predicted molar refractivity (Wildman–Crippen MR) is 70.0 cm³/mol. The van der Waals surface area contributed by atoms with Gasteiger partial charge in [-0.3, -0.25) is 9.48 Å². The number of anilines is 1. The van der Waals surface area contributed by atoms with Crippen LogP contribution in [0.1, 0.15) is 16.1 Å². The number of aryl methyl sites for hydroxylation is 1. The molecule has 2 rings (SSSR count). The molecule has 0 unspecified atom stereocenters. The number of nitrogens with two attached hydrogens (primary N) is 1. The number of carbonyl (C=O) groups is 1. The lowest BCUT2D eigenvalue weighted by Gasteiger charge is -2.08. The summed E-state index contributed by atoms with van der Waals surface area (Å²) in [5, 5.41) is 6.60. The number of nitrogens with one attached hydrogen (secondary N) is 1. The van der Waals surface area contributed by atoms with Gasteiger partial charge in [0.25, 0.3) is 5.91 Å². The van der Waals surface area contributed by atoms with Crippen LogP contribution in [0.15, 0.2) is 24.4 Å². The van der Waals surface area contributed by atoms with E-state index in [0.717, 1.165) is 17.8 Å². The molecule has 0 bridgehead atoms. The van der Waals surface area contributed by atoms with E-state index in [4.69, 9.17) is 5.73 Å². The van der Waals surface area contributed by atoms with Crippen molar-refractivity contribution in [1.29, 1.82) is 0 Å². The first-order chi connectivity index (χ1) is 9.49. The maximum absolute atomic E-state index is 13.1. The van der Waals surface area contributed by atoms with Gasteiger partial charge in [0.15, 0.2) is 11.6 Å². The van der Waals surface area contributed by atoms with Crippen LogP contribution in [0, 0.1) is 11.6 Å². The standard InChI is InChI=1S/C13H14F2N4O/c1-19-8(3-5-18-19)2-4-17-13(20)9-6-10(14)11(15)7-12(9)16/h3,5-7H,2,4,16H2,1H3,(H,17,20). The number of halogens is 2. The maximum atomic E-state index is 13.1. The number of carbonyl (C=O) groups excluding carboxylic acids is 1. The normalized spacial score (nSPS) is 10.6. The molecule has 0 radical (unpaired) electrons. The second-order valence-corrected chi connectivity index (χ2v) is 4.31. The van der Waals surface area contributed by atoms with Crippen LogP contribution >= 0.6 is 0 Å². The summed E-state index contributed by atoms with van der Waals surface area (Å²) in [6, 6.07) is 3.42. The summed E-state index contributed by atoms with van der Waals surface area (Å²) in [4.78, 5) is 11.8. The highest BCUT2D eigenvalue weighted by Gasteiger charge is 2.14. The SMILES string of the molecule is Cn1nccc1CCNC(=O)c1cc(F)c(F)cc1N. The van der Waals surface area contributed by atoms with Gasteiger partial charge in [-0.05, 0) is 12.1 Å². The molecule has 7 heteroatoms. The predicted octanol–water partition coefficient (Wildman–Crippen LogP) is 1.25. The van der Waals surface area contributed by atoms with Gasteiger partial charge in [0.05, 0.1) is 5.56 Å².